The van der Waals surface area contributed by atoms with Crippen molar-refractivity contribution in [2.24, 2.45) is 0 Å². The van der Waals surface area contributed by atoms with Crippen LogP contribution >= 0.6 is 0 Å². The summed E-state index contributed by atoms with van der Waals surface area (Å²) in [6, 6.07) is 16.8. The number of rotatable bonds is 11. The van der Waals surface area contributed by atoms with E-state index in [1.54, 1.807) is 0 Å². The first-order valence-corrected chi connectivity index (χ1v) is 11.3. The van der Waals surface area contributed by atoms with Gasteiger partial charge in [0.25, 0.3) is 0 Å². The van der Waals surface area contributed by atoms with Crippen LogP contribution in [-0.4, -0.2) is 0 Å². The molecule has 0 amide bonds. The molecule has 166 valence electrons. The van der Waals surface area contributed by atoms with Gasteiger partial charge in [-0.15, -0.1) is 0 Å². The van der Waals surface area contributed by atoms with Gasteiger partial charge in [0.2, 0.25) is 0 Å². The Hall–Kier alpha value is -3.90. The minimum absolute atomic E-state index is 0.957. The SMILES string of the molecule is C=C(/C=C\C=C/C)/C=C\C=C/c1ccc(C(=C)/C=C\C(=C)c2ccc(/C=C\CC)cc2)cc1. The molecule has 0 aliphatic carbocycles. The summed E-state index contributed by atoms with van der Waals surface area (Å²) in [7, 11) is 0. The topological polar surface area (TPSA) is 0 Å². The molecule has 0 heteroatoms. The molecule has 33 heavy (non-hydrogen) atoms. The van der Waals surface area contributed by atoms with Crippen molar-refractivity contribution in [2.45, 2.75) is 20.3 Å². The zero-order valence-electron chi connectivity index (χ0n) is 19.9. The summed E-state index contributed by atoms with van der Waals surface area (Å²) < 4.78 is 0. The lowest BCUT2D eigenvalue weighted by Crippen LogP contribution is -1.82. The van der Waals surface area contributed by atoms with Crippen LogP contribution in [0.25, 0.3) is 23.3 Å². The molecule has 0 fully saturated rings. The molecule has 0 aromatic heterocycles. The Balaban J connectivity index is 1.92. The van der Waals surface area contributed by atoms with E-state index in [0.29, 0.717) is 0 Å². The number of hydrogen-bond donors (Lipinski definition) is 0. The van der Waals surface area contributed by atoms with Gasteiger partial charge in [-0.25, -0.2) is 0 Å². The van der Waals surface area contributed by atoms with Gasteiger partial charge in [0.1, 0.15) is 0 Å². The van der Waals surface area contributed by atoms with Gasteiger partial charge >= 0.3 is 0 Å². The molecule has 0 spiro atoms. The summed E-state index contributed by atoms with van der Waals surface area (Å²) in [6.45, 7) is 16.5. The van der Waals surface area contributed by atoms with Crippen LogP contribution in [0.2, 0.25) is 0 Å². The summed E-state index contributed by atoms with van der Waals surface area (Å²) in [5.74, 6) is 0. The molecule has 0 saturated carbocycles. The van der Waals surface area contributed by atoms with Gasteiger partial charge in [-0.2, -0.15) is 0 Å². The van der Waals surface area contributed by atoms with Crippen molar-refractivity contribution in [2.75, 3.05) is 0 Å². The second-order valence-corrected chi connectivity index (χ2v) is 7.62. The van der Waals surface area contributed by atoms with Gasteiger partial charge in [-0.1, -0.05) is 148 Å². The van der Waals surface area contributed by atoms with Gasteiger partial charge in [0, 0.05) is 0 Å². The molecule has 0 N–H and O–H groups in total. The normalized spacial score (nSPS) is 12.3. The van der Waals surface area contributed by atoms with Gasteiger partial charge < -0.3 is 0 Å². The Bertz CT molecular complexity index is 1110. The summed E-state index contributed by atoms with van der Waals surface area (Å²) in [6.07, 6.45) is 25.4. The van der Waals surface area contributed by atoms with Crippen molar-refractivity contribution in [1.82, 2.24) is 0 Å². The zero-order valence-corrected chi connectivity index (χ0v) is 19.9. The first-order chi connectivity index (χ1) is 16.0. The van der Waals surface area contributed by atoms with E-state index >= 15 is 0 Å². The predicted molar refractivity (Wildman–Crippen MR) is 151 cm³/mol. The number of allylic oxidation sites excluding steroid dienone is 13. The molecular weight excluding hydrogens is 396 g/mol. The van der Waals surface area contributed by atoms with Crippen LogP contribution in [0.5, 0.6) is 0 Å². The van der Waals surface area contributed by atoms with Gasteiger partial charge in [-0.05, 0) is 52.3 Å². The third kappa shape index (κ3) is 9.41. The van der Waals surface area contributed by atoms with Crippen LogP contribution < -0.4 is 0 Å². The van der Waals surface area contributed by atoms with Crippen molar-refractivity contribution < 1.29 is 0 Å². The summed E-state index contributed by atoms with van der Waals surface area (Å²) >= 11 is 0. The van der Waals surface area contributed by atoms with Crippen molar-refractivity contribution in [3.8, 4) is 0 Å². The lowest BCUT2D eigenvalue weighted by Gasteiger charge is -2.04. The Morgan fingerprint density at radius 2 is 1.12 bits per heavy atom. The molecule has 0 aliphatic heterocycles. The van der Waals surface area contributed by atoms with E-state index < -0.39 is 0 Å². The molecule has 2 aromatic rings. The highest BCUT2D eigenvalue weighted by Crippen LogP contribution is 2.20. The zero-order chi connectivity index (χ0) is 23.9. The fraction of sp³-hybridized carbons (Fsp3) is 0.0909. The maximum Gasteiger partial charge on any atom is -0.0190 e. The third-order valence-electron chi connectivity index (χ3n) is 4.92. The first-order valence-electron chi connectivity index (χ1n) is 11.3. The largest absolute Gasteiger partial charge is 0.0918 e. The Morgan fingerprint density at radius 1 is 0.636 bits per heavy atom. The average molecular weight is 431 g/mol. The molecule has 0 heterocycles. The quantitative estimate of drug-likeness (QED) is 0.311. The van der Waals surface area contributed by atoms with Crippen molar-refractivity contribution in [3.05, 3.63) is 157 Å². The van der Waals surface area contributed by atoms with Gasteiger partial charge in [-0.3, -0.25) is 0 Å². The lowest BCUT2D eigenvalue weighted by atomic mass is 10.0. The van der Waals surface area contributed by atoms with E-state index in [1.165, 1.54) is 5.56 Å². The molecule has 0 aliphatic rings. The molecule has 0 atom stereocenters. The second-order valence-electron chi connectivity index (χ2n) is 7.62. The standard InChI is InChI=1S/C33H34/c1-6-8-10-13-27(3)14-11-12-16-31-21-25-33(26-22-31)29(5)18-17-28(4)32-23-19-30(20-24-32)15-9-7-2/h6,8-26H,3-5,7H2,1-2H3/b8-6-,13-10-,14-11-,15-9-,16-12-,18-17-. The molecule has 0 saturated heterocycles. The first kappa shape index (κ1) is 25.4. The highest BCUT2D eigenvalue weighted by atomic mass is 14.0. The van der Waals surface area contributed by atoms with E-state index in [9.17, 15) is 0 Å². The van der Waals surface area contributed by atoms with Crippen LogP contribution in [0.1, 0.15) is 42.5 Å². The lowest BCUT2D eigenvalue weighted by molar-refractivity contribution is 1.23. The maximum absolute atomic E-state index is 4.21. The van der Waals surface area contributed by atoms with Crippen LogP contribution in [0.4, 0.5) is 0 Å². The molecule has 0 radical (unpaired) electrons. The Morgan fingerprint density at radius 3 is 1.61 bits per heavy atom. The van der Waals surface area contributed by atoms with Gasteiger partial charge in [0.15, 0.2) is 0 Å². The summed E-state index contributed by atoms with van der Waals surface area (Å²) in [5, 5.41) is 0. The van der Waals surface area contributed by atoms with Crippen molar-refractivity contribution in [1.29, 1.82) is 0 Å². The average Bonchev–Trinajstić information content (AvgIpc) is 2.84. The van der Waals surface area contributed by atoms with Crippen molar-refractivity contribution >= 4 is 23.3 Å². The van der Waals surface area contributed by atoms with E-state index in [1.807, 2.05) is 61.6 Å². The maximum atomic E-state index is 4.21. The molecular formula is C33H34. The highest BCUT2D eigenvalue weighted by Gasteiger charge is 1.98. The Kier molecular flexibility index (Phi) is 10.9. The predicted octanol–water partition coefficient (Wildman–Crippen LogP) is 9.65. The summed E-state index contributed by atoms with van der Waals surface area (Å²) in [4.78, 5) is 0. The smallest absolute Gasteiger partial charge is 0.0190 e. The van der Waals surface area contributed by atoms with E-state index in [4.69, 9.17) is 0 Å². The van der Waals surface area contributed by atoms with Crippen LogP contribution in [0.15, 0.2) is 135 Å². The van der Waals surface area contributed by atoms with E-state index in [2.05, 4.69) is 93.4 Å². The third-order valence-corrected chi connectivity index (χ3v) is 4.92. The molecule has 0 nitrogen and oxygen atoms in total. The van der Waals surface area contributed by atoms with Gasteiger partial charge in [0.05, 0.1) is 0 Å². The fourth-order valence-corrected chi connectivity index (χ4v) is 2.96. The van der Waals surface area contributed by atoms with Crippen LogP contribution in [0, 0.1) is 0 Å². The molecule has 0 bridgehead atoms. The monoisotopic (exact) mass is 430 g/mol. The highest BCUT2D eigenvalue weighted by molar-refractivity contribution is 5.80. The fourth-order valence-electron chi connectivity index (χ4n) is 2.96. The number of hydrogen-bond acceptors (Lipinski definition) is 0. The Labute approximate surface area is 200 Å². The van der Waals surface area contributed by atoms with E-state index in [0.717, 1.165) is 39.8 Å². The molecule has 2 rings (SSSR count). The number of benzene rings is 2. The second kappa shape index (κ2) is 14.2. The minimum atomic E-state index is 0.957. The summed E-state index contributed by atoms with van der Waals surface area (Å²) in [5.41, 5.74) is 7.43. The van der Waals surface area contributed by atoms with E-state index in [-0.39, 0.29) is 0 Å². The van der Waals surface area contributed by atoms with Crippen LogP contribution in [-0.2, 0) is 0 Å². The molecule has 0 unspecified atom stereocenters. The van der Waals surface area contributed by atoms with Crippen LogP contribution in [0.3, 0.4) is 0 Å². The molecule has 2 aromatic carbocycles. The minimum Gasteiger partial charge on any atom is -0.0918 e. The van der Waals surface area contributed by atoms with Crippen molar-refractivity contribution in [3.63, 3.8) is 0 Å².